The molecule has 0 amide bonds. The van der Waals surface area contributed by atoms with Gasteiger partial charge in [-0.2, -0.15) is 4.31 Å². The Balaban J connectivity index is 1.76. The molecule has 1 aliphatic heterocycles. The smallest absolute Gasteiger partial charge is 0.321 e. The van der Waals surface area contributed by atoms with Gasteiger partial charge >= 0.3 is 6.01 Å². The van der Waals surface area contributed by atoms with Crippen LogP contribution in [0.3, 0.4) is 0 Å². The van der Waals surface area contributed by atoms with E-state index in [1.54, 1.807) is 30.6 Å². The fraction of sp³-hybridized carbons (Fsp3) is 0.286. The summed E-state index contributed by atoms with van der Waals surface area (Å²) in [6.45, 7) is 1.59. The molecular weight excluding hydrogens is 306 g/mol. The maximum Gasteiger partial charge on any atom is 0.321 e. The third-order valence-corrected chi connectivity index (χ3v) is 5.10. The zero-order chi connectivity index (χ0) is 15.4. The van der Waals surface area contributed by atoms with Crippen molar-refractivity contribution in [1.29, 1.82) is 0 Å². The van der Waals surface area contributed by atoms with E-state index in [4.69, 9.17) is 9.47 Å². The molecule has 1 aliphatic rings. The van der Waals surface area contributed by atoms with Crippen molar-refractivity contribution in [3.63, 3.8) is 0 Å². The number of hydrogen-bond donors (Lipinski definition) is 0. The van der Waals surface area contributed by atoms with Gasteiger partial charge in [0.15, 0.2) is 0 Å². The quantitative estimate of drug-likeness (QED) is 0.844. The highest BCUT2D eigenvalue weighted by atomic mass is 32.2. The molecule has 1 aromatic carbocycles. The van der Waals surface area contributed by atoms with Crippen molar-refractivity contribution in [3.05, 3.63) is 42.7 Å². The Morgan fingerprint density at radius 1 is 1.05 bits per heavy atom. The van der Waals surface area contributed by atoms with Crippen LogP contribution in [-0.4, -0.2) is 49.0 Å². The van der Waals surface area contributed by atoms with E-state index in [1.165, 1.54) is 16.4 Å². The van der Waals surface area contributed by atoms with Crippen molar-refractivity contribution in [3.8, 4) is 11.8 Å². The second kappa shape index (κ2) is 6.39. The second-order valence-corrected chi connectivity index (χ2v) is 6.56. The molecule has 0 spiro atoms. The zero-order valence-corrected chi connectivity index (χ0v) is 12.6. The van der Waals surface area contributed by atoms with Crippen LogP contribution in [-0.2, 0) is 14.8 Å². The summed E-state index contributed by atoms with van der Waals surface area (Å²) in [7, 11) is -3.49. The molecule has 1 saturated heterocycles. The first-order valence-electron chi connectivity index (χ1n) is 6.79. The molecule has 8 heteroatoms. The minimum atomic E-state index is -3.49. The fourth-order valence-electron chi connectivity index (χ4n) is 2.06. The highest BCUT2D eigenvalue weighted by Gasteiger charge is 2.26. The van der Waals surface area contributed by atoms with Crippen LogP contribution in [0, 0.1) is 0 Å². The van der Waals surface area contributed by atoms with E-state index in [1.807, 2.05) is 0 Å². The number of sulfonamides is 1. The summed E-state index contributed by atoms with van der Waals surface area (Å²) in [4.78, 5) is 8.12. The van der Waals surface area contributed by atoms with Gasteiger partial charge in [0.1, 0.15) is 5.75 Å². The molecule has 7 nitrogen and oxygen atoms in total. The van der Waals surface area contributed by atoms with Crippen LogP contribution in [0.4, 0.5) is 0 Å². The Morgan fingerprint density at radius 2 is 1.68 bits per heavy atom. The predicted octanol–water partition coefficient (Wildman–Crippen LogP) is 1.29. The Kier molecular flexibility index (Phi) is 4.32. The van der Waals surface area contributed by atoms with Crippen molar-refractivity contribution in [2.45, 2.75) is 4.90 Å². The monoisotopic (exact) mass is 321 g/mol. The first-order chi connectivity index (χ1) is 10.7. The minimum absolute atomic E-state index is 0.214. The summed E-state index contributed by atoms with van der Waals surface area (Å²) in [6, 6.07) is 8.11. The summed E-state index contributed by atoms with van der Waals surface area (Å²) >= 11 is 0. The SMILES string of the molecule is O=S(=O)(c1ccc(Oc2ncccn2)cc1)N1CCOCC1. The topological polar surface area (TPSA) is 81.6 Å². The molecule has 2 aromatic rings. The second-order valence-electron chi connectivity index (χ2n) is 4.62. The molecule has 22 heavy (non-hydrogen) atoms. The standard InChI is InChI=1S/C14H15N3O4S/c18-22(19,17-8-10-20-11-9-17)13-4-2-12(3-5-13)21-14-15-6-1-7-16-14/h1-7H,8-11H2. The van der Waals surface area contributed by atoms with Gasteiger partial charge in [-0.15, -0.1) is 0 Å². The van der Waals surface area contributed by atoms with E-state index in [9.17, 15) is 8.42 Å². The number of nitrogens with zero attached hydrogens (tertiary/aromatic N) is 3. The number of hydrogen-bond acceptors (Lipinski definition) is 6. The number of rotatable bonds is 4. The zero-order valence-electron chi connectivity index (χ0n) is 11.8. The van der Waals surface area contributed by atoms with E-state index in [-0.39, 0.29) is 10.9 Å². The molecule has 1 aromatic heterocycles. The molecule has 0 saturated carbocycles. The lowest BCUT2D eigenvalue weighted by atomic mass is 10.3. The van der Waals surface area contributed by atoms with Gasteiger partial charge in [0.05, 0.1) is 18.1 Å². The molecule has 0 unspecified atom stereocenters. The van der Waals surface area contributed by atoms with Gasteiger partial charge in [0.25, 0.3) is 0 Å². The summed E-state index contributed by atoms with van der Waals surface area (Å²) < 4.78 is 37.0. The lowest BCUT2D eigenvalue weighted by Gasteiger charge is -2.26. The third kappa shape index (κ3) is 3.24. The van der Waals surface area contributed by atoms with Crippen molar-refractivity contribution in [2.75, 3.05) is 26.3 Å². The van der Waals surface area contributed by atoms with E-state index >= 15 is 0 Å². The van der Waals surface area contributed by atoms with E-state index in [0.29, 0.717) is 32.1 Å². The van der Waals surface area contributed by atoms with Gasteiger partial charge in [-0.25, -0.2) is 18.4 Å². The number of aromatic nitrogens is 2. The molecule has 0 N–H and O–H groups in total. The Hall–Kier alpha value is -2.03. The highest BCUT2D eigenvalue weighted by molar-refractivity contribution is 7.89. The molecule has 2 heterocycles. The Labute approximate surface area is 128 Å². The molecule has 1 fully saturated rings. The number of ether oxygens (including phenoxy) is 2. The molecule has 116 valence electrons. The largest absolute Gasteiger partial charge is 0.424 e. The minimum Gasteiger partial charge on any atom is -0.424 e. The number of benzene rings is 1. The van der Waals surface area contributed by atoms with Crippen LogP contribution < -0.4 is 4.74 Å². The molecule has 0 atom stereocenters. The van der Waals surface area contributed by atoms with Gasteiger partial charge in [0, 0.05) is 25.5 Å². The van der Waals surface area contributed by atoms with E-state index in [0.717, 1.165) is 0 Å². The van der Waals surface area contributed by atoms with Crippen LogP contribution in [0.15, 0.2) is 47.6 Å². The lowest BCUT2D eigenvalue weighted by molar-refractivity contribution is 0.0730. The fourth-order valence-corrected chi connectivity index (χ4v) is 3.47. The van der Waals surface area contributed by atoms with Gasteiger partial charge in [0.2, 0.25) is 10.0 Å². The molecule has 0 bridgehead atoms. The van der Waals surface area contributed by atoms with Crippen LogP contribution in [0.2, 0.25) is 0 Å². The van der Waals surface area contributed by atoms with Gasteiger partial charge < -0.3 is 9.47 Å². The van der Waals surface area contributed by atoms with Crippen molar-refractivity contribution in [2.24, 2.45) is 0 Å². The van der Waals surface area contributed by atoms with Crippen LogP contribution in [0.5, 0.6) is 11.8 Å². The average molecular weight is 321 g/mol. The van der Waals surface area contributed by atoms with Crippen molar-refractivity contribution < 1.29 is 17.9 Å². The highest BCUT2D eigenvalue weighted by Crippen LogP contribution is 2.22. The maximum absolute atomic E-state index is 12.5. The Morgan fingerprint density at radius 3 is 2.32 bits per heavy atom. The lowest BCUT2D eigenvalue weighted by Crippen LogP contribution is -2.40. The molecule has 3 rings (SSSR count). The van der Waals surface area contributed by atoms with Crippen molar-refractivity contribution >= 4 is 10.0 Å². The average Bonchev–Trinajstić information content (AvgIpc) is 2.57. The summed E-state index contributed by atoms with van der Waals surface area (Å²) in [5, 5.41) is 0. The predicted molar refractivity (Wildman–Crippen MR) is 78.1 cm³/mol. The van der Waals surface area contributed by atoms with E-state index < -0.39 is 10.0 Å². The van der Waals surface area contributed by atoms with Gasteiger partial charge in [-0.1, -0.05) is 0 Å². The normalized spacial score (nSPS) is 16.4. The van der Waals surface area contributed by atoms with Crippen LogP contribution in [0.1, 0.15) is 0 Å². The first-order valence-corrected chi connectivity index (χ1v) is 8.23. The molecular formula is C14H15N3O4S. The summed E-state index contributed by atoms with van der Waals surface area (Å²) in [5.41, 5.74) is 0. The van der Waals surface area contributed by atoms with E-state index in [2.05, 4.69) is 9.97 Å². The summed E-state index contributed by atoms with van der Waals surface area (Å²) in [6.07, 6.45) is 3.14. The Bertz CT molecular complexity index is 714. The molecule has 0 radical (unpaired) electrons. The first kappa shape index (κ1) is 14.9. The van der Waals surface area contributed by atoms with Crippen LogP contribution >= 0.6 is 0 Å². The van der Waals surface area contributed by atoms with Gasteiger partial charge in [-0.05, 0) is 30.3 Å². The van der Waals surface area contributed by atoms with Gasteiger partial charge in [-0.3, -0.25) is 0 Å². The summed E-state index contributed by atoms with van der Waals surface area (Å²) in [5.74, 6) is 0.479. The number of morpholine rings is 1. The molecule has 0 aliphatic carbocycles. The van der Waals surface area contributed by atoms with Crippen molar-refractivity contribution in [1.82, 2.24) is 14.3 Å². The maximum atomic E-state index is 12.5. The van der Waals surface area contributed by atoms with Crippen LogP contribution in [0.25, 0.3) is 0 Å². The third-order valence-electron chi connectivity index (χ3n) is 3.18.